The smallest absolute Gasteiger partial charge is 0.371 e. The molecule has 5 aromatic rings. The van der Waals surface area contributed by atoms with Gasteiger partial charge in [0.05, 0.1) is 7.11 Å². The molecular weight excluding hydrogens is 559 g/mol. The van der Waals surface area contributed by atoms with E-state index in [4.69, 9.17) is 24.1 Å². The Kier molecular flexibility index (Phi) is 7.37. The summed E-state index contributed by atoms with van der Waals surface area (Å²) in [6.07, 6.45) is 0. The van der Waals surface area contributed by atoms with Crippen molar-refractivity contribution in [2.45, 2.75) is 12.0 Å². The standard InChI is InChI=1S/C32H23FN2O6S/c1-39-28-25(10-5-11-26(28)40-18-22-16-17-27(41-22)32(37)38)31-35(34-29(42-31)20-12-14-21(33)15-13-20)30(36)24-9-4-7-19-6-2-3-8-23(19)24/h2-17,31H,18H2,1H3,(H,37,38). The Morgan fingerprint density at radius 1 is 0.976 bits per heavy atom. The van der Waals surface area contributed by atoms with Crippen LogP contribution in [0.3, 0.4) is 0 Å². The highest BCUT2D eigenvalue weighted by atomic mass is 32.2. The number of fused-ring (bicyclic) bond motifs is 1. The lowest BCUT2D eigenvalue weighted by molar-refractivity contribution is 0.0657. The van der Waals surface area contributed by atoms with Gasteiger partial charge in [0.25, 0.3) is 5.91 Å². The average molecular weight is 583 g/mol. The normalized spacial score (nSPS) is 14.6. The number of halogens is 1. The van der Waals surface area contributed by atoms with Crippen molar-refractivity contribution in [1.82, 2.24) is 5.01 Å². The fraction of sp³-hybridized carbons (Fsp3) is 0.0938. The molecule has 1 atom stereocenters. The second-order valence-electron chi connectivity index (χ2n) is 9.30. The molecule has 0 radical (unpaired) electrons. The Morgan fingerprint density at radius 3 is 2.50 bits per heavy atom. The number of rotatable bonds is 8. The van der Waals surface area contributed by atoms with E-state index < -0.39 is 11.3 Å². The van der Waals surface area contributed by atoms with Gasteiger partial charge >= 0.3 is 5.97 Å². The quantitative estimate of drug-likeness (QED) is 0.208. The van der Waals surface area contributed by atoms with E-state index in [0.29, 0.717) is 39.0 Å². The van der Waals surface area contributed by atoms with Gasteiger partial charge in [-0.05, 0) is 59.3 Å². The number of nitrogens with zero attached hydrogens (tertiary/aromatic N) is 2. The van der Waals surface area contributed by atoms with Crippen LogP contribution < -0.4 is 9.47 Å². The molecule has 10 heteroatoms. The lowest BCUT2D eigenvalue weighted by Crippen LogP contribution is -2.26. The van der Waals surface area contributed by atoms with Crippen LogP contribution in [-0.2, 0) is 6.61 Å². The molecule has 0 spiro atoms. The predicted octanol–water partition coefficient (Wildman–Crippen LogP) is 7.11. The molecule has 2 heterocycles. The van der Waals surface area contributed by atoms with Gasteiger partial charge in [0.1, 0.15) is 28.6 Å². The van der Waals surface area contributed by atoms with Gasteiger partial charge in [-0.3, -0.25) is 4.79 Å². The zero-order valence-electron chi connectivity index (χ0n) is 22.2. The predicted molar refractivity (Wildman–Crippen MR) is 156 cm³/mol. The number of amides is 1. The first kappa shape index (κ1) is 27.1. The number of furan rings is 1. The summed E-state index contributed by atoms with van der Waals surface area (Å²) in [5.74, 6) is -0.975. The summed E-state index contributed by atoms with van der Waals surface area (Å²) in [5.41, 5.74) is 1.78. The first-order valence-corrected chi connectivity index (χ1v) is 13.7. The maximum absolute atomic E-state index is 14.1. The maximum Gasteiger partial charge on any atom is 0.371 e. The second kappa shape index (κ2) is 11.4. The summed E-state index contributed by atoms with van der Waals surface area (Å²) in [5, 5.41) is 16.9. The van der Waals surface area contributed by atoms with Crippen LogP contribution in [0.4, 0.5) is 4.39 Å². The van der Waals surface area contributed by atoms with Crippen LogP contribution in [-0.4, -0.2) is 34.1 Å². The summed E-state index contributed by atoms with van der Waals surface area (Å²) < 4.78 is 30.7. The third-order valence-electron chi connectivity index (χ3n) is 6.69. The van der Waals surface area contributed by atoms with Gasteiger partial charge in [-0.2, -0.15) is 5.10 Å². The van der Waals surface area contributed by atoms with Crippen molar-refractivity contribution in [3.8, 4) is 11.5 Å². The molecule has 6 rings (SSSR count). The van der Waals surface area contributed by atoms with E-state index in [1.54, 1.807) is 30.3 Å². The third-order valence-corrected chi connectivity index (χ3v) is 7.90. The number of benzene rings is 4. The number of hydrogen-bond acceptors (Lipinski definition) is 7. The summed E-state index contributed by atoms with van der Waals surface area (Å²) in [4.78, 5) is 25.3. The topological polar surface area (TPSA) is 102 Å². The molecule has 1 aromatic heterocycles. The van der Waals surface area contributed by atoms with E-state index in [2.05, 4.69) is 0 Å². The molecule has 210 valence electrons. The molecule has 0 aliphatic carbocycles. The summed E-state index contributed by atoms with van der Waals surface area (Å²) in [6.45, 7) is -0.0408. The molecule has 0 saturated heterocycles. The van der Waals surface area contributed by atoms with Crippen molar-refractivity contribution in [2.24, 2.45) is 5.10 Å². The van der Waals surface area contributed by atoms with Gasteiger partial charge in [-0.25, -0.2) is 14.2 Å². The van der Waals surface area contributed by atoms with Crippen LogP contribution in [0.25, 0.3) is 10.8 Å². The largest absolute Gasteiger partial charge is 0.492 e. The Morgan fingerprint density at radius 2 is 1.74 bits per heavy atom. The minimum Gasteiger partial charge on any atom is -0.492 e. The fourth-order valence-electron chi connectivity index (χ4n) is 4.71. The molecule has 42 heavy (non-hydrogen) atoms. The summed E-state index contributed by atoms with van der Waals surface area (Å²) in [6, 6.07) is 27.3. The van der Waals surface area contributed by atoms with E-state index >= 15 is 0 Å². The van der Waals surface area contributed by atoms with Crippen molar-refractivity contribution in [3.05, 3.63) is 131 Å². The number of thioether (sulfide) groups is 1. The lowest BCUT2D eigenvalue weighted by Gasteiger charge is -2.24. The Labute approximate surface area is 244 Å². The zero-order valence-corrected chi connectivity index (χ0v) is 23.0. The van der Waals surface area contributed by atoms with Gasteiger partial charge in [0.15, 0.2) is 11.5 Å². The molecule has 0 saturated carbocycles. The first-order valence-electron chi connectivity index (χ1n) is 12.9. The van der Waals surface area contributed by atoms with E-state index in [0.717, 1.165) is 10.8 Å². The molecule has 1 aliphatic heterocycles. The number of carbonyl (C=O) groups is 2. The highest BCUT2D eigenvalue weighted by Gasteiger charge is 2.37. The average Bonchev–Trinajstić information content (AvgIpc) is 3.68. The summed E-state index contributed by atoms with van der Waals surface area (Å²) in [7, 11) is 1.50. The van der Waals surface area contributed by atoms with Gasteiger partial charge in [0.2, 0.25) is 5.76 Å². The number of methoxy groups -OCH3 is 1. The number of ether oxygens (including phenoxy) is 2. The van der Waals surface area contributed by atoms with E-state index in [1.165, 1.54) is 48.1 Å². The molecule has 1 aliphatic rings. The van der Waals surface area contributed by atoms with Crippen LogP contribution in [0.5, 0.6) is 11.5 Å². The minimum atomic E-state index is -1.17. The molecule has 0 bridgehead atoms. The zero-order chi connectivity index (χ0) is 29.2. The van der Waals surface area contributed by atoms with Crippen molar-refractivity contribution in [2.75, 3.05) is 7.11 Å². The Balaban J connectivity index is 1.38. The molecular formula is C32H23FN2O6S. The number of carboxylic acids is 1. The SMILES string of the molecule is COc1c(OCc2ccc(C(=O)O)o2)cccc1C1SC(c2ccc(F)cc2)=NN1C(=O)c1cccc2ccccc12. The molecule has 1 unspecified atom stereocenters. The molecule has 1 amide bonds. The van der Waals surface area contributed by atoms with E-state index in [1.807, 2.05) is 42.5 Å². The number of para-hydroxylation sites is 1. The van der Waals surface area contributed by atoms with Crippen molar-refractivity contribution < 1.29 is 33.0 Å². The highest BCUT2D eigenvalue weighted by Crippen LogP contribution is 2.48. The van der Waals surface area contributed by atoms with Crippen LogP contribution in [0, 0.1) is 5.82 Å². The van der Waals surface area contributed by atoms with E-state index in [9.17, 15) is 14.0 Å². The lowest BCUT2D eigenvalue weighted by atomic mass is 10.0. The molecule has 8 nitrogen and oxygen atoms in total. The summed E-state index contributed by atoms with van der Waals surface area (Å²) >= 11 is 1.33. The van der Waals surface area contributed by atoms with E-state index in [-0.39, 0.29) is 24.1 Å². The maximum atomic E-state index is 14.1. The van der Waals surface area contributed by atoms with Crippen molar-refractivity contribution >= 4 is 39.5 Å². The Bertz CT molecular complexity index is 1830. The number of aromatic carboxylic acids is 1. The van der Waals surface area contributed by atoms with Crippen molar-refractivity contribution in [3.63, 3.8) is 0 Å². The highest BCUT2D eigenvalue weighted by molar-refractivity contribution is 8.14. The van der Waals surface area contributed by atoms with Crippen LogP contribution in [0.1, 0.15) is 43.2 Å². The second-order valence-corrected chi connectivity index (χ2v) is 10.4. The van der Waals surface area contributed by atoms with Gasteiger partial charge in [-0.1, -0.05) is 60.3 Å². The van der Waals surface area contributed by atoms with Crippen LogP contribution in [0.2, 0.25) is 0 Å². The van der Waals surface area contributed by atoms with Crippen LogP contribution in [0.15, 0.2) is 107 Å². The third kappa shape index (κ3) is 5.19. The molecule has 1 N–H and O–H groups in total. The van der Waals surface area contributed by atoms with Crippen LogP contribution >= 0.6 is 11.8 Å². The number of hydrazone groups is 1. The minimum absolute atomic E-state index is 0.0408. The number of carbonyl (C=O) groups excluding carboxylic acids is 1. The van der Waals surface area contributed by atoms with Gasteiger partial charge < -0.3 is 19.0 Å². The monoisotopic (exact) mass is 582 g/mol. The molecule has 0 fully saturated rings. The molecule has 4 aromatic carbocycles. The number of hydrogen-bond donors (Lipinski definition) is 1. The number of carboxylic acid groups (broad SMARTS) is 1. The Hall–Kier alpha value is -5.09. The fourth-order valence-corrected chi connectivity index (χ4v) is 5.88. The van der Waals surface area contributed by atoms with Gasteiger partial charge in [0, 0.05) is 16.7 Å². The van der Waals surface area contributed by atoms with Crippen molar-refractivity contribution in [1.29, 1.82) is 0 Å². The first-order chi connectivity index (χ1) is 20.4. The van der Waals surface area contributed by atoms with Gasteiger partial charge in [-0.15, -0.1) is 0 Å².